The van der Waals surface area contributed by atoms with Crippen LogP contribution in [0.1, 0.15) is 39.9 Å². The molecule has 0 saturated carbocycles. The minimum Gasteiger partial charge on any atom is -0.462 e. The molecule has 1 N–H and O–H groups in total. The van der Waals surface area contributed by atoms with Gasteiger partial charge >= 0.3 is 11.9 Å². The summed E-state index contributed by atoms with van der Waals surface area (Å²) in [6.07, 6.45) is -0.0429. The summed E-state index contributed by atoms with van der Waals surface area (Å²) in [5.74, 6) is -1.12. The van der Waals surface area contributed by atoms with Gasteiger partial charge in [0.05, 0.1) is 24.3 Å². The van der Waals surface area contributed by atoms with Crippen molar-refractivity contribution in [1.29, 1.82) is 0 Å². The van der Waals surface area contributed by atoms with Gasteiger partial charge in [-0.25, -0.2) is 4.79 Å². The quantitative estimate of drug-likeness (QED) is 0.505. The lowest BCUT2D eigenvalue weighted by Gasteiger charge is -2.08. The number of nitrogens with one attached hydrogen (secondary N) is 1. The van der Waals surface area contributed by atoms with E-state index in [1.807, 2.05) is 37.3 Å². The topological polar surface area (TPSA) is 108 Å². The van der Waals surface area contributed by atoms with Gasteiger partial charge in [0.25, 0.3) is 5.91 Å². The van der Waals surface area contributed by atoms with E-state index in [1.165, 1.54) is 11.3 Å². The van der Waals surface area contributed by atoms with Crippen LogP contribution < -0.4 is 5.32 Å². The van der Waals surface area contributed by atoms with Gasteiger partial charge in [-0.2, -0.15) is 0 Å². The zero-order valence-electron chi connectivity index (χ0n) is 18.3. The SMILES string of the molecule is CCOC(=O)c1c(NC(=O)COC(=O)Cc2c(C)noc2C)sc(-c2ccccc2)c1C. The first-order chi connectivity index (χ1) is 15.3. The molecule has 0 fully saturated rings. The van der Waals surface area contributed by atoms with Gasteiger partial charge in [-0.05, 0) is 38.8 Å². The summed E-state index contributed by atoms with van der Waals surface area (Å²) < 4.78 is 15.3. The number of hydrogen-bond donors (Lipinski definition) is 1. The van der Waals surface area contributed by atoms with Crippen LogP contribution >= 0.6 is 11.3 Å². The van der Waals surface area contributed by atoms with E-state index < -0.39 is 24.5 Å². The van der Waals surface area contributed by atoms with Crippen LogP contribution in [0.5, 0.6) is 0 Å². The standard InChI is InChI=1S/C23H24N2O6S/c1-5-29-23(28)20-13(2)21(16-9-7-6-8-10-16)32-22(20)24-18(26)12-30-19(27)11-17-14(3)25-31-15(17)4/h6-10H,5,11-12H2,1-4H3,(H,24,26). The van der Waals surface area contributed by atoms with E-state index in [-0.39, 0.29) is 13.0 Å². The number of rotatable bonds is 8. The van der Waals surface area contributed by atoms with E-state index in [0.717, 1.165) is 10.4 Å². The van der Waals surface area contributed by atoms with E-state index in [1.54, 1.807) is 20.8 Å². The Labute approximate surface area is 189 Å². The summed E-state index contributed by atoms with van der Waals surface area (Å²) >= 11 is 1.27. The normalized spacial score (nSPS) is 10.6. The fourth-order valence-corrected chi connectivity index (χ4v) is 4.39. The van der Waals surface area contributed by atoms with Crippen LogP contribution in [0.3, 0.4) is 0 Å². The monoisotopic (exact) mass is 456 g/mol. The smallest absolute Gasteiger partial charge is 0.341 e. The highest BCUT2D eigenvalue weighted by molar-refractivity contribution is 7.20. The van der Waals surface area contributed by atoms with Crippen LogP contribution in [0.15, 0.2) is 34.9 Å². The number of benzene rings is 1. The van der Waals surface area contributed by atoms with Gasteiger partial charge in [0.2, 0.25) is 0 Å². The maximum Gasteiger partial charge on any atom is 0.341 e. The number of ether oxygens (including phenoxy) is 2. The molecule has 0 aliphatic rings. The zero-order chi connectivity index (χ0) is 23.3. The molecule has 0 saturated heterocycles. The molecule has 2 aromatic heterocycles. The van der Waals surface area contributed by atoms with Crippen molar-refractivity contribution in [3.63, 3.8) is 0 Å². The summed E-state index contributed by atoms with van der Waals surface area (Å²) in [6, 6.07) is 9.55. The van der Waals surface area contributed by atoms with Gasteiger partial charge in [-0.3, -0.25) is 9.59 Å². The molecule has 0 atom stereocenters. The van der Waals surface area contributed by atoms with Gasteiger partial charge in [0.1, 0.15) is 10.8 Å². The molecule has 0 aliphatic carbocycles. The third-order valence-corrected chi connectivity index (χ3v) is 6.04. The number of carbonyl (C=O) groups is 3. The Bertz CT molecular complexity index is 1110. The molecule has 0 radical (unpaired) electrons. The molecular formula is C23H24N2O6S. The van der Waals surface area contributed by atoms with Crippen molar-refractivity contribution in [2.75, 3.05) is 18.5 Å². The lowest BCUT2D eigenvalue weighted by atomic mass is 10.1. The van der Waals surface area contributed by atoms with E-state index in [2.05, 4.69) is 10.5 Å². The molecule has 0 unspecified atom stereocenters. The predicted molar refractivity (Wildman–Crippen MR) is 120 cm³/mol. The fourth-order valence-electron chi connectivity index (χ4n) is 3.17. The second-order valence-electron chi connectivity index (χ2n) is 7.04. The number of anilines is 1. The van der Waals surface area contributed by atoms with Crippen LogP contribution in [0.2, 0.25) is 0 Å². The van der Waals surface area contributed by atoms with E-state index >= 15 is 0 Å². The summed E-state index contributed by atoms with van der Waals surface area (Å²) in [4.78, 5) is 38.0. The first kappa shape index (κ1) is 23.2. The van der Waals surface area contributed by atoms with Gasteiger partial charge in [0.15, 0.2) is 6.61 Å². The van der Waals surface area contributed by atoms with Crippen molar-refractivity contribution in [3.05, 3.63) is 58.5 Å². The zero-order valence-corrected chi connectivity index (χ0v) is 19.1. The Kier molecular flexibility index (Phi) is 7.42. The number of amides is 1. The molecule has 1 amide bonds. The van der Waals surface area contributed by atoms with Crippen LogP contribution in [0, 0.1) is 20.8 Å². The van der Waals surface area contributed by atoms with Crippen LogP contribution in [-0.2, 0) is 25.5 Å². The van der Waals surface area contributed by atoms with Gasteiger partial charge in [-0.1, -0.05) is 35.5 Å². The molecule has 8 nitrogen and oxygen atoms in total. The summed E-state index contributed by atoms with van der Waals surface area (Å²) in [5.41, 5.74) is 3.18. The Morgan fingerprint density at radius 1 is 1.09 bits per heavy atom. The second kappa shape index (κ2) is 10.2. The average Bonchev–Trinajstić information content (AvgIpc) is 3.26. The molecule has 9 heteroatoms. The maximum atomic E-state index is 12.6. The van der Waals surface area contributed by atoms with Crippen molar-refractivity contribution in [1.82, 2.24) is 5.16 Å². The Balaban J connectivity index is 1.73. The molecule has 168 valence electrons. The number of thiophene rings is 1. The third kappa shape index (κ3) is 5.23. The minimum atomic E-state index is -0.576. The number of hydrogen-bond acceptors (Lipinski definition) is 8. The number of esters is 2. The molecule has 3 rings (SSSR count). The number of aryl methyl sites for hydroxylation is 2. The highest BCUT2D eigenvalue weighted by Gasteiger charge is 2.24. The third-order valence-electron chi connectivity index (χ3n) is 4.78. The molecule has 0 bridgehead atoms. The highest BCUT2D eigenvalue weighted by Crippen LogP contribution is 2.40. The first-order valence-corrected chi connectivity index (χ1v) is 10.9. The first-order valence-electron chi connectivity index (χ1n) is 10.0. The second-order valence-corrected chi connectivity index (χ2v) is 8.06. The van der Waals surface area contributed by atoms with Crippen LogP contribution in [0.4, 0.5) is 5.00 Å². The van der Waals surface area contributed by atoms with Crippen molar-refractivity contribution in [2.45, 2.75) is 34.1 Å². The number of nitrogens with zero attached hydrogens (tertiary/aromatic N) is 1. The van der Waals surface area contributed by atoms with Gasteiger partial charge in [-0.15, -0.1) is 11.3 Å². The molecular weight excluding hydrogens is 432 g/mol. The van der Waals surface area contributed by atoms with E-state index in [4.69, 9.17) is 14.0 Å². The lowest BCUT2D eigenvalue weighted by Crippen LogP contribution is -2.22. The minimum absolute atomic E-state index is 0.0429. The Morgan fingerprint density at radius 3 is 2.44 bits per heavy atom. The van der Waals surface area contributed by atoms with E-state index in [0.29, 0.717) is 33.1 Å². The molecule has 2 heterocycles. The maximum absolute atomic E-state index is 12.6. The molecule has 1 aromatic carbocycles. The summed E-state index contributed by atoms with van der Waals surface area (Å²) in [7, 11) is 0. The molecule has 32 heavy (non-hydrogen) atoms. The molecule has 3 aromatic rings. The lowest BCUT2D eigenvalue weighted by molar-refractivity contribution is -0.146. The van der Waals surface area contributed by atoms with Gasteiger partial charge < -0.3 is 19.3 Å². The van der Waals surface area contributed by atoms with E-state index in [9.17, 15) is 14.4 Å². The average molecular weight is 457 g/mol. The number of aromatic nitrogens is 1. The van der Waals surface area contributed by atoms with Crippen molar-refractivity contribution in [2.24, 2.45) is 0 Å². The Morgan fingerprint density at radius 2 is 1.81 bits per heavy atom. The summed E-state index contributed by atoms with van der Waals surface area (Å²) in [5, 5.41) is 6.83. The summed E-state index contributed by atoms with van der Waals surface area (Å²) in [6.45, 7) is 6.68. The van der Waals surface area contributed by atoms with Crippen LogP contribution in [-0.4, -0.2) is 36.2 Å². The van der Waals surface area contributed by atoms with Gasteiger partial charge in [0, 0.05) is 10.4 Å². The van der Waals surface area contributed by atoms with Crippen molar-refractivity contribution >= 4 is 34.2 Å². The largest absolute Gasteiger partial charge is 0.462 e. The highest BCUT2D eigenvalue weighted by atomic mass is 32.1. The predicted octanol–water partition coefficient (Wildman–Crippen LogP) is 4.23. The fraction of sp³-hybridized carbons (Fsp3) is 0.304. The number of carbonyl (C=O) groups excluding carboxylic acids is 3. The Hall–Kier alpha value is -3.46. The van der Waals surface area contributed by atoms with Crippen LogP contribution in [0.25, 0.3) is 10.4 Å². The molecule has 0 spiro atoms. The molecule has 0 aliphatic heterocycles. The van der Waals surface area contributed by atoms with Crippen molar-refractivity contribution < 1.29 is 28.4 Å². The van der Waals surface area contributed by atoms with Crippen molar-refractivity contribution in [3.8, 4) is 10.4 Å².